The minimum atomic E-state index is -3.70. The third-order valence-electron chi connectivity index (χ3n) is 5.16. The first-order chi connectivity index (χ1) is 14.2. The molecule has 2 aromatic rings. The Morgan fingerprint density at radius 2 is 1.73 bits per heavy atom. The molecule has 30 heavy (non-hydrogen) atoms. The van der Waals surface area contributed by atoms with Gasteiger partial charge in [-0.2, -0.15) is 0 Å². The number of sulfonamides is 1. The van der Waals surface area contributed by atoms with E-state index in [0.717, 1.165) is 16.2 Å². The molecule has 1 aliphatic heterocycles. The van der Waals surface area contributed by atoms with Gasteiger partial charge in [-0.1, -0.05) is 6.07 Å². The summed E-state index contributed by atoms with van der Waals surface area (Å²) >= 11 is 0. The molecule has 1 heterocycles. The van der Waals surface area contributed by atoms with Crippen LogP contribution in [-0.2, 0) is 14.8 Å². The molecule has 162 valence electrons. The highest BCUT2D eigenvalue weighted by molar-refractivity contribution is 7.92. The number of amides is 1. The van der Waals surface area contributed by atoms with Crippen LogP contribution in [0, 0.1) is 5.82 Å². The van der Waals surface area contributed by atoms with E-state index < -0.39 is 16.1 Å². The second-order valence-corrected chi connectivity index (χ2v) is 9.08. The highest BCUT2D eigenvalue weighted by Gasteiger charge is 2.33. The molecule has 1 fully saturated rings. The lowest BCUT2D eigenvalue weighted by molar-refractivity contribution is -0.132. The molecule has 7 nitrogen and oxygen atoms in total. The SMILES string of the molecule is COc1cccc(N([C@@H](C)C(=O)N2CCN(c3ccc(F)cc3)CC2)S(C)(=O)=O)c1. The molecule has 1 aliphatic rings. The van der Waals surface area contributed by atoms with E-state index in [-0.39, 0.29) is 11.7 Å². The molecule has 2 aromatic carbocycles. The maximum atomic E-state index is 13.1. The lowest BCUT2D eigenvalue weighted by Gasteiger charge is -2.39. The second kappa shape index (κ2) is 8.91. The number of ether oxygens (including phenoxy) is 1. The van der Waals surface area contributed by atoms with Crippen molar-refractivity contribution in [2.45, 2.75) is 13.0 Å². The Kier molecular flexibility index (Phi) is 6.50. The van der Waals surface area contributed by atoms with E-state index >= 15 is 0 Å². The van der Waals surface area contributed by atoms with Gasteiger partial charge in [0.2, 0.25) is 15.9 Å². The van der Waals surface area contributed by atoms with Crippen LogP contribution >= 0.6 is 0 Å². The Hall–Kier alpha value is -2.81. The average molecular weight is 436 g/mol. The third-order valence-corrected chi connectivity index (χ3v) is 6.40. The largest absolute Gasteiger partial charge is 0.497 e. The van der Waals surface area contributed by atoms with Crippen molar-refractivity contribution in [3.05, 3.63) is 54.3 Å². The van der Waals surface area contributed by atoms with Gasteiger partial charge in [0, 0.05) is 37.9 Å². The summed E-state index contributed by atoms with van der Waals surface area (Å²) in [4.78, 5) is 16.9. The first-order valence-corrected chi connectivity index (χ1v) is 11.5. The van der Waals surface area contributed by atoms with Gasteiger partial charge in [0.05, 0.1) is 19.1 Å². The molecule has 0 bridgehead atoms. The third kappa shape index (κ3) is 4.84. The molecule has 0 radical (unpaired) electrons. The fourth-order valence-corrected chi connectivity index (χ4v) is 4.81. The molecule has 1 atom stereocenters. The fourth-order valence-electron chi connectivity index (χ4n) is 3.65. The van der Waals surface area contributed by atoms with E-state index in [9.17, 15) is 17.6 Å². The molecule has 1 saturated heterocycles. The Balaban J connectivity index is 1.73. The number of halogens is 1. The Morgan fingerprint density at radius 1 is 1.10 bits per heavy atom. The van der Waals surface area contributed by atoms with Crippen molar-refractivity contribution in [2.24, 2.45) is 0 Å². The van der Waals surface area contributed by atoms with Gasteiger partial charge < -0.3 is 14.5 Å². The molecule has 0 saturated carbocycles. The van der Waals surface area contributed by atoms with Crippen LogP contribution in [0.1, 0.15) is 6.92 Å². The summed E-state index contributed by atoms with van der Waals surface area (Å²) in [5, 5.41) is 0. The number of benzene rings is 2. The van der Waals surface area contributed by atoms with Gasteiger partial charge in [-0.05, 0) is 43.3 Å². The minimum Gasteiger partial charge on any atom is -0.497 e. The van der Waals surface area contributed by atoms with Gasteiger partial charge in [0.25, 0.3) is 0 Å². The lowest BCUT2D eigenvalue weighted by atomic mass is 10.2. The van der Waals surface area contributed by atoms with Crippen LogP contribution in [0.5, 0.6) is 5.75 Å². The molecule has 0 aliphatic carbocycles. The zero-order valence-corrected chi connectivity index (χ0v) is 18.1. The zero-order valence-electron chi connectivity index (χ0n) is 17.3. The molecule has 0 unspecified atom stereocenters. The van der Waals surface area contributed by atoms with E-state index in [1.165, 1.54) is 19.2 Å². The van der Waals surface area contributed by atoms with E-state index in [0.29, 0.717) is 37.6 Å². The van der Waals surface area contributed by atoms with Crippen LogP contribution in [0.2, 0.25) is 0 Å². The molecule has 0 aromatic heterocycles. The average Bonchev–Trinajstić information content (AvgIpc) is 2.73. The quantitative estimate of drug-likeness (QED) is 0.697. The maximum Gasteiger partial charge on any atom is 0.246 e. The summed E-state index contributed by atoms with van der Waals surface area (Å²) < 4.78 is 44.5. The standard InChI is InChI=1S/C21H26FN3O4S/c1-16(25(30(3,27)28)19-5-4-6-20(15-19)29-2)21(26)24-13-11-23(12-14-24)18-9-7-17(22)8-10-18/h4-10,15-16H,11-14H2,1-3H3/t16-/m0/s1. The molecule has 0 spiro atoms. The normalized spacial score (nSPS) is 15.6. The number of anilines is 2. The Morgan fingerprint density at radius 3 is 2.30 bits per heavy atom. The van der Waals surface area contributed by atoms with E-state index in [2.05, 4.69) is 4.90 Å². The van der Waals surface area contributed by atoms with Gasteiger partial charge in [-0.25, -0.2) is 12.8 Å². The number of nitrogens with zero attached hydrogens (tertiary/aromatic N) is 3. The summed E-state index contributed by atoms with van der Waals surface area (Å²) in [7, 11) is -2.20. The van der Waals surface area contributed by atoms with Crippen LogP contribution in [-0.4, -0.2) is 64.8 Å². The zero-order chi connectivity index (χ0) is 21.9. The van der Waals surface area contributed by atoms with Crippen molar-refractivity contribution >= 4 is 27.3 Å². The number of carbonyl (C=O) groups is 1. The maximum absolute atomic E-state index is 13.1. The van der Waals surface area contributed by atoms with Gasteiger partial charge in [0.15, 0.2) is 0 Å². The fraction of sp³-hybridized carbons (Fsp3) is 0.381. The summed E-state index contributed by atoms with van der Waals surface area (Å²) in [6.45, 7) is 3.67. The molecule has 0 N–H and O–H groups in total. The van der Waals surface area contributed by atoms with Crippen LogP contribution < -0.4 is 13.9 Å². The van der Waals surface area contributed by atoms with Crippen molar-refractivity contribution in [1.29, 1.82) is 0 Å². The van der Waals surface area contributed by atoms with Crippen molar-refractivity contribution in [2.75, 3.05) is 48.7 Å². The predicted molar refractivity (Wildman–Crippen MR) is 115 cm³/mol. The van der Waals surface area contributed by atoms with Crippen molar-refractivity contribution in [3.63, 3.8) is 0 Å². The Labute approximate surface area is 176 Å². The van der Waals surface area contributed by atoms with Gasteiger partial charge >= 0.3 is 0 Å². The van der Waals surface area contributed by atoms with Gasteiger partial charge in [-0.3, -0.25) is 9.10 Å². The van der Waals surface area contributed by atoms with Crippen LogP contribution in [0.3, 0.4) is 0 Å². The smallest absolute Gasteiger partial charge is 0.246 e. The summed E-state index contributed by atoms with van der Waals surface area (Å²) in [6, 6.07) is 12.0. The van der Waals surface area contributed by atoms with Crippen molar-refractivity contribution < 1.29 is 22.3 Å². The topological polar surface area (TPSA) is 70.2 Å². The minimum absolute atomic E-state index is 0.262. The molecule has 9 heteroatoms. The monoisotopic (exact) mass is 435 g/mol. The molecular weight excluding hydrogens is 409 g/mol. The Bertz CT molecular complexity index is 990. The first kappa shape index (κ1) is 21.9. The lowest BCUT2D eigenvalue weighted by Crippen LogP contribution is -2.55. The highest BCUT2D eigenvalue weighted by Crippen LogP contribution is 2.26. The van der Waals surface area contributed by atoms with Crippen LogP contribution in [0.25, 0.3) is 0 Å². The number of carbonyl (C=O) groups excluding carboxylic acids is 1. The summed E-state index contributed by atoms with van der Waals surface area (Å²) in [5.41, 5.74) is 1.27. The summed E-state index contributed by atoms with van der Waals surface area (Å²) in [5.74, 6) is -0.0458. The first-order valence-electron chi connectivity index (χ1n) is 9.63. The number of piperazine rings is 1. The molecule has 3 rings (SSSR count). The van der Waals surface area contributed by atoms with Gasteiger partial charge in [-0.15, -0.1) is 0 Å². The van der Waals surface area contributed by atoms with Crippen LogP contribution in [0.4, 0.5) is 15.8 Å². The number of rotatable bonds is 6. The van der Waals surface area contributed by atoms with Crippen LogP contribution in [0.15, 0.2) is 48.5 Å². The van der Waals surface area contributed by atoms with Crippen molar-refractivity contribution in [1.82, 2.24) is 4.90 Å². The second-order valence-electron chi connectivity index (χ2n) is 7.23. The molecule has 1 amide bonds. The highest BCUT2D eigenvalue weighted by atomic mass is 32.2. The number of hydrogen-bond acceptors (Lipinski definition) is 5. The van der Waals surface area contributed by atoms with E-state index in [1.807, 2.05) is 0 Å². The van der Waals surface area contributed by atoms with Gasteiger partial charge in [0.1, 0.15) is 17.6 Å². The van der Waals surface area contributed by atoms with Crippen molar-refractivity contribution in [3.8, 4) is 5.75 Å². The number of hydrogen-bond donors (Lipinski definition) is 0. The van der Waals surface area contributed by atoms with E-state index in [1.54, 1.807) is 48.2 Å². The number of methoxy groups -OCH3 is 1. The molecular formula is C21H26FN3O4S. The summed E-state index contributed by atoms with van der Waals surface area (Å²) in [6.07, 6.45) is 1.09. The predicted octanol–water partition coefficient (Wildman–Crippen LogP) is 2.34. The van der Waals surface area contributed by atoms with E-state index in [4.69, 9.17) is 4.74 Å².